The maximum atomic E-state index is 5.29. The van der Waals surface area contributed by atoms with Crippen LogP contribution in [-0.4, -0.2) is 44.4 Å². The number of unbranched alkanes of at least 4 members (excludes halogenated alkanes) is 2. The number of methoxy groups -OCH3 is 2. The summed E-state index contributed by atoms with van der Waals surface area (Å²) in [5, 5.41) is 6.23. The molecule has 0 bridgehead atoms. The largest absolute Gasteiger partial charge is 0.490 e. The first-order valence-electron chi connectivity index (χ1n) is 6.13. The van der Waals surface area contributed by atoms with Crippen molar-refractivity contribution in [2.45, 2.75) is 19.3 Å². The highest BCUT2D eigenvalue weighted by Crippen LogP contribution is 2.28. The van der Waals surface area contributed by atoms with E-state index in [1.54, 1.807) is 21.3 Å². The minimum Gasteiger partial charge on any atom is -0.490 e. The van der Waals surface area contributed by atoms with Crippen LogP contribution >= 0.6 is 0 Å². The van der Waals surface area contributed by atoms with Gasteiger partial charge in [-0.2, -0.15) is 0 Å². The van der Waals surface area contributed by atoms with Gasteiger partial charge in [0.15, 0.2) is 11.6 Å². The fourth-order valence-corrected chi connectivity index (χ4v) is 1.63. The third kappa shape index (κ3) is 4.37. The highest BCUT2D eigenvalue weighted by atomic mass is 16.5. The molecule has 0 aliphatic heterocycles. The summed E-state index contributed by atoms with van der Waals surface area (Å²) in [5.74, 6) is 2.06. The smallest absolute Gasteiger partial charge is 0.204 e. The standard InChI is InChI=1S/C12H22N4O2/c1-13-11-10(18-3)12(16-9-15-11)14-7-5-4-6-8-17-2/h9H,4-8H2,1-3H3,(H2,13,14,15,16). The molecule has 0 amide bonds. The summed E-state index contributed by atoms with van der Waals surface area (Å²) in [5.41, 5.74) is 0. The van der Waals surface area contributed by atoms with Crippen molar-refractivity contribution in [3.05, 3.63) is 6.33 Å². The van der Waals surface area contributed by atoms with Crippen LogP contribution in [0.15, 0.2) is 6.33 Å². The molecule has 1 rings (SSSR count). The van der Waals surface area contributed by atoms with Crippen LogP contribution in [0.3, 0.4) is 0 Å². The van der Waals surface area contributed by atoms with Gasteiger partial charge in [-0.15, -0.1) is 0 Å². The van der Waals surface area contributed by atoms with Gasteiger partial charge < -0.3 is 20.1 Å². The van der Waals surface area contributed by atoms with Crippen LogP contribution in [0.1, 0.15) is 19.3 Å². The van der Waals surface area contributed by atoms with Crippen LogP contribution < -0.4 is 15.4 Å². The molecular weight excluding hydrogens is 232 g/mol. The lowest BCUT2D eigenvalue weighted by Gasteiger charge is -2.12. The molecule has 0 radical (unpaired) electrons. The van der Waals surface area contributed by atoms with Gasteiger partial charge in [0.2, 0.25) is 5.75 Å². The molecule has 1 aromatic rings. The van der Waals surface area contributed by atoms with E-state index in [0.29, 0.717) is 11.6 Å². The molecule has 0 fully saturated rings. The van der Waals surface area contributed by atoms with E-state index < -0.39 is 0 Å². The second-order valence-corrected chi connectivity index (χ2v) is 3.83. The molecular formula is C12H22N4O2. The average Bonchev–Trinajstić information content (AvgIpc) is 2.42. The van der Waals surface area contributed by atoms with Crippen LogP contribution in [0, 0.1) is 0 Å². The monoisotopic (exact) mass is 254 g/mol. The fourth-order valence-electron chi connectivity index (χ4n) is 1.63. The Bertz CT molecular complexity index is 347. The Morgan fingerprint density at radius 3 is 2.56 bits per heavy atom. The molecule has 0 aromatic carbocycles. The van der Waals surface area contributed by atoms with Gasteiger partial charge in [-0.1, -0.05) is 0 Å². The van der Waals surface area contributed by atoms with E-state index in [9.17, 15) is 0 Å². The number of hydrogen-bond acceptors (Lipinski definition) is 6. The average molecular weight is 254 g/mol. The van der Waals surface area contributed by atoms with Gasteiger partial charge in [-0.05, 0) is 19.3 Å². The van der Waals surface area contributed by atoms with Gasteiger partial charge in [0, 0.05) is 27.3 Å². The van der Waals surface area contributed by atoms with E-state index in [4.69, 9.17) is 9.47 Å². The fraction of sp³-hybridized carbons (Fsp3) is 0.667. The van der Waals surface area contributed by atoms with Crippen molar-refractivity contribution in [3.63, 3.8) is 0 Å². The minimum absolute atomic E-state index is 0.650. The van der Waals surface area contributed by atoms with E-state index in [-0.39, 0.29) is 0 Å². The third-order valence-electron chi connectivity index (χ3n) is 2.56. The van der Waals surface area contributed by atoms with E-state index >= 15 is 0 Å². The van der Waals surface area contributed by atoms with Crippen molar-refractivity contribution in [1.29, 1.82) is 0 Å². The van der Waals surface area contributed by atoms with Crippen molar-refractivity contribution in [1.82, 2.24) is 9.97 Å². The first kappa shape index (κ1) is 14.5. The maximum Gasteiger partial charge on any atom is 0.204 e. The lowest BCUT2D eigenvalue weighted by molar-refractivity contribution is 0.192. The quantitative estimate of drug-likeness (QED) is 0.654. The van der Waals surface area contributed by atoms with Crippen LogP contribution in [0.5, 0.6) is 5.75 Å². The van der Waals surface area contributed by atoms with Gasteiger partial charge >= 0.3 is 0 Å². The summed E-state index contributed by atoms with van der Waals surface area (Å²) in [6.07, 6.45) is 4.81. The summed E-state index contributed by atoms with van der Waals surface area (Å²) >= 11 is 0. The Balaban J connectivity index is 2.41. The molecule has 18 heavy (non-hydrogen) atoms. The number of nitrogens with one attached hydrogen (secondary N) is 2. The third-order valence-corrected chi connectivity index (χ3v) is 2.56. The van der Waals surface area contributed by atoms with Crippen molar-refractivity contribution in [3.8, 4) is 5.75 Å². The highest BCUT2D eigenvalue weighted by Gasteiger charge is 2.09. The van der Waals surface area contributed by atoms with Gasteiger partial charge in [0.1, 0.15) is 6.33 Å². The molecule has 1 aromatic heterocycles. The molecule has 0 saturated carbocycles. The van der Waals surface area contributed by atoms with E-state index in [2.05, 4.69) is 20.6 Å². The van der Waals surface area contributed by atoms with Crippen molar-refractivity contribution in [2.24, 2.45) is 0 Å². The van der Waals surface area contributed by atoms with Gasteiger partial charge in [0.25, 0.3) is 0 Å². The second-order valence-electron chi connectivity index (χ2n) is 3.83. The summed E-state index contributed by atoms with van der Waals surface area (Å²) < 4.78 is 10.3. The van der Waals surface area contributed by atoms with Crippen LogP contribution in [0.2, 0.25) is 0 Å². The van der Waals surface area contributed by atoms with Gasteiger partial charge in [-0.3, -0.25) is 0 Å². The van der Waals surface area contributed by atoms with E-state index in [0.717, 1.165) is 38.2 Å². The zero-order valence-electron chi connectivity index (χ0n) is 11.3. The predicted molar refractivity (Wildman–Crippen MR) is 72.3 cm³/mol. The van der Waals surface area contributed by atoms with E-state index in [1.165, 1.54) is 6.33 Å². The molecule has 6 heteroatoms. The number of ether oxygens (including phenoxy) is 2. The van der Waals surface area contributed by atoms with Gasteiger partial charge in [0.05, 0.1) is 7.11 Å². The molecule has 1 heterocycles. The molecule has 6 nitrogen and oxygen atoms in total. The molecule has 102 valence electrons. The normalized spacial score (nSPS) is 10.2. The molecule has 0 aliphatic rings. The molecule has 0 atom stereocenters. The maximum absolute atomic E-state index is 5.29. The number of hydrogen-bond donors (Lipinski definition) is 2. The van der Waals surface area contributed by atoms with Crippen molar-refractivity contribution in [2.75, 3.05) is 45.1 Å². The lowest BCUT2D eigenvalue weighted by atomic mass is 10.2. The first-order valence-corrected chi connectivity index (χ1v) is 6.13. The Morgan fingerprint density at radius 2 is 1.89 bits per heavy atom. The zero-order valence-corrected chi connectivity index (χ0v) is 11.3. The van der Waals surface area contributed by atoms with Crippen LogP contribution in [-0.2, 0) is 4.74 Å². The summed E-state index contributed by atoms with van der Waals surface area (Å²) in [6.45, 7) is 1.68. The summed E-state index contributed by atoms with van der Waals surface area (Å²) in [7, 11) is 5.14. The molecule has 0 spiro atoms. The zero-order chi connectivity index (χ0) is 13.2. The minimum atomic E-state index is 0.650. The second kappa shape index (κ2) is 8.52. The first-order chi connectivity index (χ1) is 8.83. The van der Waals surface area contributed by atoms with Gasteiger partial charge in [-0.25, -0.2) is 9.97 Å². The Kier molecular flexibility index (Phi) is 6.86. The summed E-state index contributed by atoms with van der Waals surface area (Å²) in [4.78, 5) is 8.27. The number of anilines is 2. The number of rotatable bonds is 9. The number of nitrogens with zero attached hydrogens (tertiary/aromatic N) is 2. The molecule has 2 N–H and O–H groups in total. The predicted octanol–water partition coefficient (Wildman–Crippen LogP) is 1.76. The lowest BCUT2D eigenvalue weighted by Crippen LogP contribution is -2.08. The van der Waals surface area contributed by atoms with Crippen LogP contribution in [0.25, 0.3) is 0 Å². The number of aromatic nitrogens is 2. The Labute approximate surface area is 108 Å². The van der Waals surface area contributed by atoms with Crippen molar-refractivity contribution < 1.29 is 9.47 Å². The SMILES string of the molecule is CNc1ncnc(NCCCCCOC)c1OC. The molecule has 0 unspecified atom stereocenters. The summed E-state index contributed by atoms with van der Waals surface area (Å²) in [6, 6.07) is 0. The Morgan fingerprint density at radius 1 is 1.11 bits per heavy atom. The van der Waals surface area contributed by atoms with E-state index in [1.807, 2.05) is 0 Å². The Hall–Kier alpha value is -1.56. The van der Waals surface area contributed by atoms with Crippen molar-refractivity contribution >= 4 is 11.6 Å². The highest BCUT2D eigenvalue weighted by molar-refractivity contribution is 5.63. The topological polar surface area (TPSA) is 68.3 Å². The molecule has 0 saturated heterocycles. The van der Waals surface area contributed by atoms with Crippen LogP contribution in [0.4, 0.5) is 11.6 Å². The molecule has 0 aliphatic carbocycles.